The Bertz CT molecular complexity index is 825. The first-order chi connectivity index (χ1) is 13.2. The first-order valence-electron chi connectivity index (χ1n) is 9.45. The molecule has 0 radical (unpaired) electrons. The van der Waals surface area contributed by atoms with Crippen molar-refractivity contribution in [3.63, 3.8) is 0 Å². The van der Waals surface area contributed by atoms with E-state index < -0.39 is 17.6 Å². The van der Waals surface area contributed by atoms with Crippen LogP contribution in [0.5, 0.6) is 0 Å². The van der Waals surface area contributed by atoms with Gasteiger partial charge in [0, 0.05) is 6.04 Å². The molecular formula is C22H23ClF3NO. The predicted octanol–water partition coefficient (Wildman–Crippen LogP) is 6.20. The van der Waals surface area contributed by atoms with Crippen LogP contribution in [0.15, 0.2) is 42.5 Å². The molecule has 1 N–H and O–H groups in total. The van der Waals surface area contributed by atoms with Crippen LogP contribution in [-0.4, -0.2) is 11.9 Å². The summed E-state index contributed by atoms with van der Waals surface area (Å²) in [6.45, 7) is 2.06. The van der Waals surface area contributed by atoms with Gasteiger partial charge in [0.25, 0.3) is 5.91 Å². The number of carbonyl (C=O) groups is 1. The van der Waals surface area contributed by atoms with Crippen molar-refractivity contribution in [2.45, 2.75) is 51.2 Å². The molecule has 1 saturated carbocycles. The van der Waals surface area contributed by atoms with Gasteiger partial charge in [-0.05, 0) is 68.7 Å². The Morgan fingerprint density at radius 1 is 1.07 bits per heavy atom. The van der Waals surface area contributed by atoms with Crippen molar-refractivity contribution in [3.8, 4) is 0 Å². The van der Waals surface area contributed by atoms with E-state index in [0.717, 1.165) is 50.3 Å². The van der Waals surface area contributed by atoms with E-state index in [4.69, 9.17) is 11.6 Å². The van der Waals surface area contributed by atoms with E-state index in [9.17, 15) is 18.0 Å². The lowest BCUT2D eigenvalue weighted by Gasteiger charge is -2.29. The standard InChI is InChI=1S/C22H23ClF3NO/c1-14-2-4-15(5-3-14)12-16-6-9-18(10-7-16)27-21(28)19-13-17(22(24,25)26)8-11-20(19)23/h2-5,8,11,13,16,18H,6-7,9-10,12H2,1H3,(H,27,28). The summed E-state index contributed by atoms with van der Waals surface area (Å²) in [6.07, 6.45) is 0.107. The molecule has 3 rings (SSSR count). The fourth-order valence-electron chi connectivity index (χ4n) is 3.71. The minimum absolute atomic E-state index is 0.0264. The van der Waals surface area contributed by atoms with Gasteiger partial charge in [-0.15, -0.1) is 0 Å². The van der Waals surface area contributed by atoms with Gasteiger partial charge in [-0.3, -0.25) is 4.79 Å². The third kappa shape index (κ3) is 5.28. The lowest BCUT2D eigenvalue weighted by Crippen LogP contribution is -2.38. The lowest BCUT2D eigenvalue weighted by molar-refractivity contribution is -0.137. The van der Waals surface area contributed by atoms with Gasteiger partial charge >= 0.3 is 6.18 Å². The molecule has 6 heteroatoms. The normalized spacial score (nSPS) is 20.0. The number of alkyl halides is 3. The number of benzene rings is 2. The van der Waals surface area contributed by atoms with Gasteiger partial charge < -0.3 is 5.32 Å². The van der Waals surface area contributed by atoms with E-state index in [1.54, 1.807) is 0 Å². The topological polar surface area (TPSA) is 29.1 Å². The largest absolute Gasteiger partial charge is 0.416 e. The molecule has 150 valence electrons. The van der Waals surface area contributed by atoms with Gasteiger partial charge in [-0.2, -0.15) is 13.2 Å². The van der Waals surface area contributed by atoms with E-state index in [-0.39, 0.29) is 16.6 Å². The van der Waals surface area contributed by atoms with Gasteiger partial charge in [-0.1, -0.05) is 41.4 Å². The molecule has 0 spiro atoms. The number of amides is 1. The van der Waals surface area contributed by atoms with Crippen LogP contribution in [0.2, 0.25) is 5.02 Å². The minimum atomic E-state index is -4.51. The molecule has 2 aromatic rings. The summed E-state index contributed by atoms with van der Waals surface area (Å²) in [5, 5.41) is 2.88. The fraction of sp³-hybridized carbons (Fsp3) is 0.409. The zero-order valence-corrected chi connectivity index (χ0v) is 16.4. The van der Waals surface area contributed by atoms with Crippen LogP contribution in [-0.2, 0) is 12.6 Å². The van der Waals surface area contributed by atoms with Crippen LogP contribution in [0.4, 0.5) is 13.2 Å². The van der Waals surface area contributed by atoms with Crippen molar-refractivity contribution in [1.29, 1.82) is 0 Å². The summed E-state index contributed by atoms with van der Waals surface area (Å²) < 4.78 is 38.7. The summed E-state index contributed by atoms with van der Waals surface area (Å²) in [6, 6.07) is 11.3. The molecule has 0 bridgehead atoms. The summed E-state index contributed by atoms with van der Waals surface area (Å²) in [5.74, 6) is 0.0195. The average molecular weight is 410 g/mol. The van der Waals surface area contributed by atoms with E-state index in [1.165, 1.54) is 11.1 Å². The molecule has 0 heterocycles. The van der Waals surface area contributed by atoms with Crippen LogP contribution < -0.4 is 5.32 Å². The molecule has 2 nitrogen and oxygen atoms in total. The Kier molecular flexibility index (Phi) is 6.33. The molecule has 0 unspecified atom stereocenters. The first kappa shape index (κ1) is 20.7. The van der Waals surface area contributed by atoms with Crippen LogP contribution in [0.1, 0.15) is 52.7 Å². The smallest absolute Gasteiger partial charge is 0.349 e. The molecule has 2 aromatic carbocycles. The van der Waals surface area contributed by atoms with Crippen molar-refractivity contribution >= 4 is 17.5 Å². The van der Waals surface area contributed by atoms with E-state index in [1.807, 2.05) is 0 Å². The first-order valence-corrected chi connectivity index (χ1v) is 9.83. The zero-order valence-electron chi connectivity index (χ0n) is 15.7. The van der Waals surface area contributed by atoms with Crippen molar-refractivity contribution in [2.75, 3.05) is 0 Å². The summed E-state index contributed by atoms with van der Waals surface area (Å²) >= 11 is 5.96. The highest BCUT2D eigenvalue weighted by molar-refractivity contribution is 6.33. The Morgan fingerprint density at radius 2 is 1.71 bits per heavy atom. The molecule has 28 heavy (non-hydrogen) atoms. The number of aryl methyl sites for hydroxylation is 1. The Labute approximate surface area is 168 Å². The Morgan fingerprint density at radius 3 is 2.32 bits per heavy atom. The van der Waals surface area contributed by atoms with Crippen molar-refractivity contribution in [1.82, 2.24) is 5.32 Å². The second-order valence-corrected chi connectivity index (χ2v) is 7.98. The molecule has 0 saturated heterocycles. The van der Waals surface area contributed by atoms with E-state index in [0.29, 0.717) is 5.92 Å². The number of nitrogens with one attached hydrogen (secondary N) is 1. The number of rotatable bonds is 4. The predicted molar refractivity (Wildman–Crippen MR) is 105 cm³/mol. The van der Waals surface area contributed by atoms with E-state index in [2.05, 4.69) is 36.5 Å². The van der Waals surface area contributed by atoms with Crippen molar-refractivity contribution < 1.29 is 18.0 Å². The molecule has 0 aliphatic heterocycles. The van der Waals surface area contributed by atoms with E-state index >= 15 is 0 Å². The minimum Gasteiger partial charge on any atom is -0.349 e. The highest BCUT2D eigenvalue weighted by atomic mass is 35.5. The van der Waals surface area contributed by atoms with Gasteiger partial charge in [0.05, 0.1) is 16.1 Å². The van der Waals surface area contributed by atoms with Gasteiger partial charge in [0.15, 0.2) is 0 Å². The molecule has 1 fully saturated rings. The number of hydrogen-bond acceptors (Lipinski definition) is 1. The van der Waals surface area contributed by atoms with Gasteiger partial charge in [-0.25, -0.2) is 0 Å². The van der Waals surface area contributed by atoms with Crippen LogP contribution in [0, 0.1) is 12.8 Å². The monoisotopic (exact) mass is 409 g/mol. The van der Waals surface area contributed by atoms with Crippen molar-refractivity contribution in [3.05, 3.63) is 69.7 Å². The number of hydrogen-bond donors (Lipinski definition) is 1. The van der Waals surface area contributed by atoms with Gasteiger partial charge in [0.2, 0.25) is 0 Å². The van der Waals surface area contributed by atoms with Crippen LogP contribution in [0.3, 0.4) is 0 Å². The molecule has 0 aromatic heterocycles. The fourth-order valence-corrected chi connectivity index (χ4v) is 3.91. The molecule has 0 atom stereocenters. The third-order valence-electron chi connectivity index (χ3n) is 5.37. The average Bonchev–Trinajstić information content (AvgIpc) is 2.64. The zero-order chi connectivity index (χ0) is 20.3. The lowest BCUT2D eigenvalue weighted by atomic mass is 9.82. The SMILES string of the molecule is Cc1ccc(CC2CCC(NC(=O)c3cc(C(F)(F)F)ccc3Cl)CC2)cc1. The Balaban J connectivity index is 1.56. The maximum atomic E-state index is 12.9. The second-order valence-electron chi connectivity index (χ2n) is 7.57. The molecular weight excluding hydrogens is 387 g/mol. The maximum absolute atomic E-state index is 12.9. The van der Waals surface area contributed by atoms with Crippen LogP contribution >= 0.6 is 11.6 Å². The second kappa shape index (κ2) is 8.56. The van der Waals surface area contributed by atoms with Crippen molar-refractivity contribution in [2.24, 2.45) is 5.92 Å². The number of halogens is 4. The summed E-state index contributed by atoms with van der Waals surface area (Å²) in [7, 11) is 0. The maximum Gasteiger partial charge on any atom is 0.416 e. The number of carbonyl (C=O) groups excluding carboxylic acids is 1. The highest BCUT2D eigenvalue weighted by Gasteiger charge is 2.32. The summed E-state index contributed by atoms with van der Waals surface area (Å²) in [5.41, 5.74) is 1.55. The quantitative estimate of drug-likeness (QED) is 0.640. The molecule has 1 aliphatic carbocycles. The highest BCUT2D eigenvalue weighted by Crippen LogP contribution is 2.32. The Hall–Kier alpha value is -2.01. The summed E-state index contributed by atoms with van der Waals surface area (Å²) in [4.78, 5) is 12.5. The van der Waals surface area contributed by atoms with Crippen LogP contribution in [0.25, 0.3) is 0 Å². The van der Waals surface area contributed by atoms with Gasteiger partial charge in [0.1, 0.15) is 0 Å². The molecule has 1 aliphatic rings. The molecule has 1 amide bonds. The third-order valence-corrected chi connectivity index (χ3v) is 5.69.